The zero-order valence-electron chi connectivity index (χ0n) is 19.8. The van der Waals surface area contributed by atoms with Crippen LogP contribution >= 0.6 is 0 Å². The smallest absolute Gasteiger partial charge is 0.482 e. The predicted molar refractivity (Wildman–Crippen MR) is 118 cm³/mol. The van der Waals surface area contributed by atoms with Crippen LogP contribution in [0.15, 0.2) is 18.2 Å². The second-order valence-corrected chi connectivity index (χ2v) is 10.4. The number of nitrogens with two attached hydrogens (primary N) is 1. The molecule has 1 amide bonds. The molecule has 10 heteroatoms. The summed E-state index contributed by atoms with van der Waals surface area (Å²) < 4.78 is 52.4. The molecular formula is C22H33BF2N2O5. The number of hydrogen-bond acceptors (Lipinski definition) is 6. The van der Waals surface area contributed by atoms with Crippen molar-refractivity contribution in [2.75, 3.05) is 18.8 Å². The van der Waals surface area contributed by atoms with Crippen molar-refractivity contribution in [3.8, 4) is 5.75 Å². The van der Waals surface area contributed by atoms with Gasteiger partial charge in [-0.05, 0) is 66.1 Å². The van der Waals surface area contributed by atoms with E-state index in [1.807, 2.05) is 27.7 Å². The van der Waals surface area contributed by atoms with Crippen LogP contribution in [0.25, 0.3) is 0 Å². The van der Waals surface area contributed by atoms with E-state index in [0.717, 1.165) is 4.90 Å². The molecule has 2 fully saturated rings. The summed E-state index contributed by atoms with van der Waals surface area (Å²) in [7, 11) is -0.616. The number of anilines is 1. The molecule has 3 rings (SSSR count). The Morgan fingerprint density at radius 1 is 1.19 bits per heavy atom. The number of hydrogen-bond donors (Lipinski definition) is 1. The molecule has 178 valence electrons. The number of nitrogen functional groups attached to an aromatic ring is 1. The third kappa shape index (κ3) is 5.12. The first-order chi connectivity index (χ1) is 14.5. The third-order valence-corrected chi connectivity index (χ3v) is 6.01. The molecule has 2 aliphatic rings. The van der Waals surface area contributed by atoms with Crippen molar-refractivity contribution < 1.29 is 32.4 Å². The van der Waals surface area contributed by atoms with Gasteiger partial charge in [-0.15, -0.1) is 0 Å². The number of benzene rings is 1. The highest BCUT2D eigenvalue weighted by Crippen LogP contribution is 2.37. The maximum absolute atomic E-state index is 14.8. The van der Waals surface area contributed by atoms with Gasteiger partial charge in [-0.25, -0.2) is 13.6 Å². The minimum Gasteiger partial charge on any atom is -0.482 e. The number of likely N-dealkylation sites (tertiary alicyclic amines) is 1. The van der Waals surface area contributed by atoms with Gasteiger partial charge in [-0.1, -0.05) is 6.07 Å². The number of ether oxygens (including phenoxy) is 2. The largest absolute Gasteiger partial charge is 0.494 e. The van der Waals surface area contributed by atoms with Crippen molar-refractivity contribution >= 4 is 24.4 Å². The van der Waals surface area contributed by atoms with Gasteiger partial charge in [0.1, 0.15) is 11.4 Å². The summed E-state index contributed by atoms with van der Waals surface area (Å²) in [6.45, 7) is 12.2. The lowest BCUT2D eigenvalue weighted by molar-refractivity contribution is -0.137. The van der Waals surface area contributed by atoms with E-state index in [2.05, 4.69) is 0 Å². The molecule has 0 spiro atoms. The van der Waals surface area contributed by atoms with E-state index in [0.29, 0.717) is 5.46 Å². The van der Waals surface area contributed by atoms with E-state index in [9.17, 15) is 13.6 Å². The van der Waals surface area contributed by atoms with Crippen LogP contribution in [0.1, 0.15) is 54.9 Å². The molecule has 2 aliphatic heterocycles. The molecule has 0 aliphatic carbocycles. The highest BCUT2D eigenvalue weighted by molar-refractivity contribution is 6.62. The van der Waals surface area contributed by atoms with Gasteiger partial charge in [-0.2, -0.15) is 0 Å². The Labute approximate surface area is 188 Å². The molecule has 7 nitrogen and oxygen atoms in total. The van der Waals surface area contributed by atoms with Crippen LogP contribution in [0.5, 0.6) is 5.75 Å². The Hall–Kier alpha value is -2.07. The highest BCUT2D eigenvalue weighted by atomic mass is 19.3. The van der Waals surface area contributed by atoms with Gasteiger partial charge in [0.15, 0.2) is 6.10 Å². The molecule has 0 radical (unpaired) electrons. The minimum absolute atomic E-state index is 0.0509. The molecule has 1 aromatic carbocycles. The summed E-state index contributed by atoms with van der Waals surface area (Å²) in [5, 5.41) is 0. The zero-order valence-corrected chi connectivity index (χ0v) is 19.8. The third-order valence-electron chi connectivity index (χ3n) is 6.01. The second kappa shape index (κ2) is 8.06. The predicted octanol–water partition coefficient (Wildman–Crippen LogP) is 3.59. The number of nitrogens with zero attached hydrogens (tertiary/aromatic N) is 1. The molecule has 1 atom stereocenters. The molecule has 1 aromatic rings. The van der Waals surface area contributed by atoms with Gasteiger partial charge in [-0.3, -0.25) is 0 Å². The zero-order chi connectivity index (χ0) is 24.1. The van der Waals surface area contributed by atoms with Crippen LogP contribution in [0, 0.1) is 0 Å². The van der Waals surface area contributed by atoms with Crippen LogP contribution in [-0.2, 0) is 14.0 Å². The Morgan fingerprint density at radius 3 is 2.28 bits per heavy atom. The monoisotopic (exact) mass is 454 g/mol. The van der Waals surface area contributed by atoms with Crippen molar-refractivity contribution in [3.05, 3.63) is 18.2 Å². The van der Waals surface area contributed by atoms with E-state index in [1.165, 1.54) is 0 Å². The van der Waals surface area contributed by atoms with E-state index in [-0.39, 0.29) is 24.4 Å². The highest BCUT2D eigenvalue weighted by Gasteiger charge is 2.52. The second-order valence-electron chi connectivity index (χ2n) is 10.4. The number of carbonyl (C=O) groups is 1. The molecule has 0 bridgehead atoms. The van der Waals surface area contributed by atoms with Crippen molar-refractivity contribution in [2.45, 2.75) is 83.7 Å². The lowest BCUT2D eigenvalue weighted by Gasteiger charge is -2.38. The fraction of sp³-hybridized carbons (Fsp3) is 0.682. The fourth-order valence-electron chi connectivity index (χ4n) is 3.50. The van der Waals surface area contributed by atoms with E-state index >= 15 is 0 Å². The molecule has 2 heterocycles. The number of carbonyl (C=O) groups excluding carboxylic acids is 1. The van der Waals surface area contributed by atoms with E-state index in [1.54, 1.807) is 39.0 Å². The van der Waals surface area contributed by atoms with Gasteiger partial charge in [0.25, 0.3) is 0 Å². The van der Waals surface area contributed by atoms with Gasteiger partial charge < -0.3 is 29.4 Å². The molecule has 1 unspecified atom stereocenters. The first kappa shape index (κ1) is 24.6. The quantitative estimate of drug-likeness (QED) is 0.555. The summed E-state index contributed by atoms with van der Waals surface area (Å²) in [6, 6.07) is 4.86. The fourth-order valence-corrected chi connectivity index (χ4v) is 3.50. The van der Waals surface area contributed by atoms with Gasteiger partial charge >= 0.3 is 19.1 Å². The standard InChI is InChI=1S/C22H33BF2N2O5/c1-19(2,3)30-18(28)27-11-10-17(22(24,25)13-27)29-16-9-8-14(12-15(16)26)23-31-20(4,5)21(6,7)32-23/h8-9,12,17H,10-11,13,26H2,1-7H3. The maximum atomic E-state index is 14.8. The first-order valence-electron chi connectivity index (χ1n) is 10.8. The van der Waals surface area contributed by atoms with Crippen molar-refractivity contribution in [2.24, 2.45) is 0 Å². The Morgan fingerprint density at radius 2 is 1.78 bits per heavy atom. The van der Waals surface area contributed by atoms with Crippen LogP contribution in [0.2, 0.25) is 0 Å². The maximum Gasteiger partial charge on any atom is 0.494 e. The van der Waals surface area contributed by atoms with Crippen LogP contribution in [0.4, 0.5) is 19.3 Å². The van der Waals surface area contributed by atoms with E-state index in [4.69, 9.17) is 24.5 Å². The summed E-state index contributed by atoms with van der Waals surface area (Å²) in [4.78, 5) is 13.2. The van der Waals surface area contributed by atoms with Gasteiger partial charge in [0, 0.05) is 13.0 Å². The summed E-state index contributed by atoms with van der Waals surface area (Å²) in [5.74, 6) is -3.10. The molecule has 2 saturated heterocycles. The number of rotatable bonds is 3. The van der Waals surface area contributed by atoms with Crippen LogP contribution < -0.4 is 15.9 Å². The summed E-state index contributed by atoms with van der Waals surface area (Å²) in [6.07, 6.45) is -2.22. The molecule has 32 heavy (non-hydrogen) atoms. The Kier molecular flexibility index (Phi) is 6.19. The van der Waals surface area contributed by atoms with Crippen molar-refractivity contribution in [1.82, 2.24) is 4.90 Å². The lowest BCUT2D eigenvalue weighted by atomic mass is 9.79. The van der Waals surface area contributed by atoms with Gasteiger partial charge in [0.2, 0.25) is 0 Å². The SMILES string of the molecule is CC(C)(C)OC(=O)N1CCC(Oc2ccc(B3OC(C)(C)C(C)(C)O3)cc2N)C(F)(F)C1. The van der Waals surface area contributed by atoms with Crippen LogP contribution in [-0.4, -0.2) is 60.0 Å². The van der Waals surface area contributed by atoms with Crippen LogP contribution in [0.3, 0.4) is 0 Å². The van der Waals surface area contributed by atoms with E-state index < -0.39 is 48.6 Å². The summed E-state index contributed by atoms with van der Waals surface area (Å²) in [5.41, 5.74) is 5.23. The number of halogens is 2. The lowest BCUT2D eigenvalue weighted by Crippen LogP contribution is -2.56. The normalized spacial score (nSPS) is 24.3. The number of piperidine rings is 1. The summed E-state index contributed by atoms with van der Waals surface area (Å²) >= 11 is 0. The Balaban J connectivity index is 1.67. The first-order valence-corrected chi connectivity index (χ1v) is 10.8. The molecular weight excluding hydrogens is 421 g/mol. The van der Waals surface area contributed by atoms with Gasteiger partial charge in [0.05, 0.1) is 23.4 Å². The minimum atomic E-state index is -3.26. The average molecular weight is 454 g/mol. The number of amides is 1. The Bertz CT molecular complexity index is 856. The van der Waals surface area contributed by atoms with Crippen molar-refractivity contribution in [3.63, 3.8) is 0 Å². The molecule has 0 aromatic heterocycles. The van der Waals surface area contributed by atoms with Crippen molar-refractivity contribution in [1.29, 1.82) is 0 Å². The topological polar surface area (TPSA) is 83.2 Å². The number of alkyl halides is 2. The molecule has 0 saturated carbocycles. The molecule has 2 N–H and O–H groups in total. The average Bonchev–Trinajstić information content (AvgIpc) is 2.84.